The molecule has 14 heavy (non-hydrogen) atoms. The van der Waals surface area contributed by atoms with Gasteiger partial charge in [-0.2, -0.15) is 5.10 Å². The van der Waals surface area contributed by atoms with Gasteiger partial charge in [-0.05, 0) is 6.92 Å². The molecule has 0 unspecified atom stereocenters. The zero-order valence-electron chi connectivity index (χ0n) is 7.97. The first-order valence-corrected chi connectivity index (χ1v) is 5.99. The first-order valence-electron chi connectivity index (χ1n) is 4.28. The summed E-state index contributed by atoms with van der Waals surface area (Å²) >= 11 is 0. The molecule has 0 aliphatic rings. The van der Waals surface area contributed by atoms with Gasteiger partial charge in [0.1, 0.15) is 0 Å². The summed E-state index contributed by atoms with van der Waals surface area (Å²) in [6.07, 6.45) is 3.45. The molecule has 0 saturated heterocycles. The molecule has 1 heterocycles. The van der Waals surface area contributed by atoms with Crippen LogP contribution in [-0.4, -0.2) is 30.5 Å². The van der Waals surface area contributed by atoms with Crippen molar-refractivity contribution in [2.45, 2.75) is 13.5 Å². The van der Waals surface area contributed by atoms with Crippen LogP contribution in [0.4, 0.5) is 5.69 Å². The Morgan fingerprint density at radius 2 is 2.36 bits per heavy atom. The van der Waals surface area contributed by atoms with Gasteiger partial charge in [0.2, 0.25) is 10.0 Å². The first kappa shape index (κ1) is 11.0. The van der Waals surface area contributed by atoms with E-state index in [0.717, 1.165) is 12.2 Å². The predicted molar refractivity (Wildman–Crippen MR) is 54.4 cm³/mol. The Morgan fingerprint density at radius 1 is 1.64 bits per heavy atom. The van der Waals surface area contributed by atoms with Crippen LogP contribution in [0.25, 0.3) is 0 Å². The molecule has 7 heteroatoms. The number of aromatic nitrogens is 2. The molecule has 0 aliphatic heterocycles. The molecule has 80 valence electrons. The number of nitrogens with two attached hydrogens (primary N) is 1. The smallest absolute Gasteiger partial charge is 0.210 e. The minimum Gasteiger partial charge on any atom is -0.381 e. The molecule has 0 atom stereocenters. The summed E-state index contributed by atoms with van der Waals surface area (Å²) in [6, 6.07) is 0. The largest absolute Gasteiger partial charge is 0.381 e. The number of rotatable bonds is 5. The highest BCUT2D eigenvalue weighted by atomic mass is 32.2. The second kappa shape index (κ2) is 4.43. The fourth-order valence-electron chi connectivity index (χ4n) is 0.965. The van der Waals surface area contributed by atoms with Gasteiger partial charge in [0.05, 0.1) is 17.6 Å². The van der Waals surface area contributed by atoms with Crippen LogP contribution < -0.4 is 10.5 Å². The standard InChI is InChI=1S/C7H14N4O2S/c1-2-11-6-7(5-10-11)9-3-4-14(8,12)13/h5-6,9H,2-4H2,1H3,(H2,8,12,13). The van der Waals surface area contributed by atoms with Crippen molar-refractivity contribution in [3.63, 3.8) is 0 Å². The molecule has 6 nitrogen and oxygen atoms in total. The van der Waals surface area contributed by atoms with Crippen molar-refractivity contribution in [3.8, 4) is 0 Å². The van der Waals surface area contributed by atoms with Crippen molar-refractivity contribution < 1.29 is 8.42 Å². The first-order chi connectivity index (χ1) is 6.51. The number of aryl methyl sites for hydroxylation is 1. The molecule has 0 saturated carbocycles. The zero-order valence-corrected chi connectivity index (χ0v) is 8.79. The summed E-state index contributed by atoms with van der Waals surface area (Å²) in [5.74, 6) is -0.0791. The van der Waals surface area contributed by atoms with Crippen LogP contribution >= 0.6 is 0 Å². The maximum Gasteiger partial charge on any atom is 0.210 e. The number of anilines is 1. The number of primary sulfonamides is 1. The van der Waals surface area contributed by atoms with Gasteiger partial charge in [0.25, 0.3) is 0 Å². The lowest BCUT2D eigenvalue weighted by molar-refractivity contribution is 0.598. The van der Waals surface area contributed by atoms with Crippen molar-refractivity contribution in [1.82, 2.24) is 9.78 Å². The molecule has 0 spiro atoms. The lowest BCUT2D eigenvalue weighted by atomic mass is 10.5. The van der Waals surface area contributed by atoms with Crippen LogP contribution in [-0.2, 0) is 16.6 Å². The monoisotopic (exact) mass is 218 g/mol. The summed E-state index contributed by atoms with van der Waals surface area (Å²) in [5, 5.41) is 11.8. The molecule has 0 bridgehead atoms. The molecule has 1 rings (SSSR count). The molecule has 0 aliphatic carbocycles. The lowest BCUT2D eigenvalue weighted by Gasteiger charge is -2.00. The van der Waals surface area contributed by atoms with Crippen molar-refractivity contribution in [2.75, 3.05) is 17.6 Å². The van der Waals surface area contributed by atoms with E-state index >= 15 is 0 Å². The maximum absolute atomic E-state index is 10.6. The molecular formula is C7H14N4O2S. The molecule has 0 amide bonds. The van der Waals surface area contributed by atoms with Gasteiger partial charge in [0, 0.05) is 19.3 Å². The lowest BCUT2D eigenvalue weighted by Crippen LogP contribution is -2.22. The third kappa shape index (κ3) is 3.75. The Balaban J connectivity index is 2.39. The summed E-state index contributed by atoms with van der Waals surface area (Å²) in [5.41, 5.74) is 0.801. The normalized spacial score (nSPS) is 11.6. The Morgan fingerprint density at radius 3 is 2.86 bits per heavy atom. The topological polar surface area (TPSA) is 90.0 Å². The highest BCUT2D eigenvalue weighted by Gasteiger charge is 2.02. The molecule has 0 aromatic carbocycles. The Kier molecular flexibility index (Phi) is 3.48. The molecule has 0 fully saturated rings. The van der Waals surface area contributed by atoms with Crippen molar-refractivity contribution in [3.05, 3.63) is 12.4 Å². The van der Waals surface area contributed by atoms with Crippen LogP contribution in [0.1, 0.15) is 6.92 Å². The van der Waals surface area contributed by atoms with E-state index in [4.69, 9.17) is 5.14 Å². The summed E-state index contributed by atoms with van der Waals surface area (Å²) in [4.78, 5) is 0. The minimum atomic E-state index is -3.38. The maximum atomic E-state index is 10.6. The third-order valence-electron chi connectivity index (χ3n) is 1.67. The van der Waals surface area contributed by atoms with E-state index in [0.29, 0.717) is 6.54 Å². The van der Waals surface area contributed by atoms with E-state index in [1.165, 1.54) is 0 Å². The predicted octanol–water partition coefficient (Wildman–Crippen LogP) is -0.397. The number of nitrogens with zero attached hydrogens (tertiary/aromatic N) is 2. The van der Waals surface area contributed by atoms with E-state index in [1.54, 1.807) is 10.9 Å². The summed E-state index contributed by atoms with van der Waals surface area (Å²) < 4.78 is 22.9. The van der Waals surface area contributed by atoms with Gasteiger partial charge in [-0.25, -0.2) is 13.6 Å². The molecule has 1 aromatic heterocycles. The van der Waals surface area contributed by atoms with Gasteiger partial charge in [-0.1, -0.05) is 0 Å². The molecular weight excluding hydrogens is 204 g/mol. The average molecular weight is 218 g/mol. The van der Waals surface area contributed by atoms with Crippen molar-refractivity contribution in [1.29, 1.82) is 0 Å². The fourth-order valence-corrected chi connectivity index (χ4v) is 1.35. The highest BCUT2D eigenvalue weighted by molar-refractivity contribution is 7.89. The number of hydrogen-bond donors (Lipinski definition) is 2. The Labute approximate surface area is 83.1 Å². The third-order valence-corrected chi connectivity index (χ3v) is 2.45. The van der Waals surface area contributed by atoms with Gasteiger partial charge in [-0.15, -0.1) is 0 Å². The van der Waals surface area contributed by atoms with Crippen LogP contribution in [0.2, 0.25) is 0 Å². The Hall–Kier alpha value is -1.08. The number of nitrogens with one attached hydrogen (secondary N) is 1. The summed E-state index contributed by atoms with van der Waals surface area (Å²) in [7, 11) is -3.38. The summed E-state index contributed by atoms with van der Waals surface area (Å²) in [6.45, 7) is 3.06. The number of sulfonamides is 1. The van der Waals surface area contributed by atoms with Crippen molar-refractivity contribution in [2.24, 2.45) is 5.14 Å². The van der Waals surface area contributed by atoms with E-state index in [-0.39, 0.29) is 5.75 Å². The van der Waals surface area contributed by atoms with E-state index < -0.39 is 10.0 Å². The van der Waals surface area contributed by atoms with Gasteiger partial charge in [0.15, 0.2) is 0 Å². The highest BCUT2D eigenvalue weighted by Crippen LogP contribution is 2.03. The Bertz CT molecular complexity index is 384. The molecule has 1 aromatic rings. The molecule has 0 radical (unpaired) electrons. The van der Waals surface area contributed by atoms with Crippen LogP contribution in [0.3, 0.4) is 0 Å². The SMILES string of the molecule is CCn1cc(NCCS(N)(=O)=O)cn1. The van der Waals surface area contributed by atoms with Crippen LogP contribution in [0.15, 0.2) is 12.4 Å². The van der Waals surface area contributed by atoms with Gasteiger partial charge in [-0.3, -0.25) is 4.68 Å². The number of hydrogen-bond acceptors (Lipinski definition) is 4. The average Bonchev–Trinajstić information content (AvgIpc) is 2.50. The van der Waals surface area contributed by atoms with Crippen LogP contribution in [0.5, 0.6) is 0 Å². The minimum absolute atomic E-state index is 0.0791. The zero-order chi connectivity index (χ0) is 10.6. The van der Waals surface area contributed by atoms with E-state index in [2.05, 4.69) is 10.4 Å². The van der Waals surface area contributed by atoms with Crippen LogP contribution in [0, 0.1) is 0 Å². The van der Waals surface area contributed by atoms with E-state index in [9.17, 15) is 8.42 Å². The quantitative estimate of drug-likeness (QED) is 0.704. The van der Waals surface area contributed by atoms with Gasteiger partial charge < -0.3 is 5.32 Å². The van der Waals surface area contributed by atoms with E-state index in [1.807, 2.05) is 13.1 Å². The van der Waals surface area contributed by atoms with Gasteiger partial charge >= 0.3 is 0 Å². The fraction of sp³-hybridized carbons (Fsp3) is 0.571. The second-order valence-corrected chi connectivity index (χ2v) is 4.61. The second-order valence-electron chi connectivity index (χ2n) is 2.88. The van der Waals surface area contributed by atoms with Crippen molar-refractivity contribution >= 4 is 15.7 Å². The molecule has 3 N–H and O–H groups in total.